The number of aliphatic hydroxyl groups is 2. The van der Waals surface area contributed by atoms with Crippen LogP contribution < -0.4 is 5.32 Å². The third kappa shape index (κ3) is 7.55. The van der Waals surface area contributed by atoms with Crippen molar-refractivity contribution >= 4 is 0 Å². The Labute approximate surface area is 122 Å². The Hall–Kier alpha value is -0.200. The van der Waals surface area contributed by atoms with E-state index in [1.54, 1.807) is 0 Å². The van der Waals surface area contributed by atoms with E-state index in [0.29, 0.717) is 38.3 Å². The molecule has 1 aliphatic carbocycles. The highest BCUT2D eigenvalue weighted by molar-refractivity contribution is 4.83. The highest BCUT2D eigenvalue weighted by Gasteiger charge is 2.26. The lowest BCUT2D eigenvalue weighted by Crippen LogP contribution is -2.40. The standard InChI is InChI=1S/C15H31NO4/c1-2-3-7-19-8-9-20-12-14(18)10-16-15-6-4-5-13(15)11-17/h13-18H,2-12H2,1H3. The fourth-order valence-electron chi connectivity index (χ4n) is 2.56. The molecule has 1 aliphatic rings. The van der Waals surface area contributed by atoms with Crippen molar-refractivity contribution in [2.45, 2.75) is 51.2 Å². The lowest BCUT2D eigenvalue weighted by molar-refractivity contribution is 0.00262. The first-order valence-electron chi connectivity index (χ1n) is 7.95. The summed E-state index contributed by atoms with van der Waals surface area (Å²) in [6.07, 6.45) is 5.05. The van der Waals surface area contributed by atoms with Gasteiger partial charge >= 0.3 is 0 Å². The zero-order valence-electron chi connectivity index (χ0n) is 12.7. The normalized spacial score (nSPS) is 24.1. The lowest BCUT2D eigenvalue weighted by Gasteiger charge is -2.21. The number of aliphatic hydroxyl groups excluding tert-OH is 2. The van der Waals surface area contributed by atoms with E-state index in [9.17, 15) is 10.2 Å². The minimum absolute atomic E-state index is 0.235. The topological polar surface area (TPSA) is 71.0 Å². The number of hydrogen-bond donors (Lipinski definition) is 3. The van der Waals surface area contributed by atoms with Crippen LogP contribution in [0.1, 0.15) is 39.0 Å². The zero-order valence-corrected chi connectivity index (χ0v) is 12.7. The maximum atomic E-state index is 9.82. The highest BCUT2D eigenvalue weighted by atomic mass is 16.5. The van der Waals surface area contributed by atoms with E-state index in [0.717, 1.165) is 38.7 Å². The third-order valence-electron chi connectivity index (χ3n) is 3.83. The first kappa shape index (κ1) is 17.9. The molecule has 0 aromatic rings. The van der Waals surface area contributed by atoms with Crippen molar-refractivity contribution in [1.29, 1.82) is 0 Å². The van der Waals surface area contributed by atoms with Gasteiger partial charge in [0.2, 0.25) is 0 Å². The Balaban J connectivity index is 1.93. The second-order valence-corrected chi connectivity index (χ2v) is 5.58. The molecule has 1 saturated carbocycles. The van der Waals surface area contributed by atoms with Gasteiger partial charge in [0.1, 0.15) is 0 Å². The third-order valence-corrected chi connectivity index (χ3v) is 3.83. The molecule has 1 fully saturated rings. The molecule has 5 nitrogen and oxygen atoms in total. The Morgan fingerprint density at radius 2 is 2.00 bits per heavy atom. The molecular formula is C15H31NO4. The van der Waals surface area contributed by atoms with Crippen LogP contribution >= 0.6 is 0 Å². The zero-order chi connectivity index (χ0) is 14.6. The van der Waals surface area contributed by atoms with E-state index in [1.807, 2.05) is 0 Å². The summed E-state index contributed by atoms with van der Waals surface area (Å²) >= 11 is 0. The van der Waals surface area contributed by atoms with Gasteiger partial charge in [0.25, 0.3) is 0 Å². The highest BCUT2D eigenvalue weighted by Crippen LogP contribution is 2.24. The molecule has 0 saturated heterocycles. The largest absolute Gasteiger partial charge is 0.396 e. The van der Waals surface area contributed by atoms with Gasteiger partial charge in [-0.15, -0.1) is 0 Å². The fraction of sp³-hybridized carbons (Fsp3) is 1.00. The van der Waals surface area contributed by atoms with Crippen molar-refractivity contribution in [1.82, 2.24) is 5.32 Å². The van der Waals surface area contributed by atoms with Crippen LogP contribution in [0.3, 0.4) is 0 Å². The average molecular weight is 289 g/mol. The summed E-state index contributed by atoms with van der Waals surface area (Å²) in [5.41, 5.74) is 0. The molecule has 0 bridgehead atoms. The lowest BCUT2D eigenvalue weighted by atomic mass is 10.1. The Morgan fingerprint density at radius 3 is 2.75 bits per heavy atom. The summed E-state index contributed by atoms with van der Waals surface area (Å²) in [5, 5.41) is 22.4. The number of ether oxygens (including phenoxy) is 2. The molecule has 3 unspecified atom stereocenters. The van der Waals surface area contributed by atoms with Crippen LogP contribution in [0.5, 0.6) is 0 Å². The molecule has 20 heavy (non-hydrogen) atoms. The van der Waals surface area contributed by atoms with Gasteiger partial charge in [0.05, 0.1) is 25.9 Å². The summed E-state index contributed by atoms with van der Waals surface area (Å²) in [4.78, 5) is 0. The Bertz CT molecular complexity index is 228. The van der Waals surface area contributed by atoms with E-state index in [-0.39, 0.29) is 6.61 Å². The maximum absolute atomic E-state index is 9.82. The van der Waals surface area contributed by atoms with Crippen molar-refractivity contribution < 1.29 is 19.7 Å². The van der Waals surface area contributed by atoms with Crippen molar-refractivity contribution in [2.24, 2.45) is 5.92 Å². The summed E-state index contributed by atoms with van der Waals surface area (Å²) in [6.45, 7) is 5.14. The van der Waals surface area contributed by atoms with Crippen LogP contribution in [0.15, 0.2) is 0 Å². The molecular weight excluding hydrogens is 258 g/mol. The van der Waals surface area contributed by atoms with Gasteiger partial charge in [-0.05, 0) is 25.2 Å². The van der Waals surface area contributed by atoms with Gasteiger partial charge in [0.15, 0.2) is 0 Å². The molecule has 0 spiro atoms. The van der Waals surface area contributed by atoms with Crippen molar-refractivity contribution in [3.05, 3.63) is 0 Å². The summed E-state index contributed by atoms with van der Waals surface area (Å²) in [6, 6.07) is 0.340. The fourth-order valence-corrected chi connectivity index (χ4v) is 2.56. The predicted molar refractivity (Wildman–Crippen MR) is 78.8 cm³/mol. The summed E-state index contributed by atoms with van der Waals surface area (Å²) in [5.74, 6) is 0.343. The van der Waals surface area contributed by atoms with E-state index >= 15 is 0 Å². The molecule has 0 amide bonds. The number of nitrogens with one attached hydrogen (secondary N) is 1. The summed E-state index contributed by atoms with van der Waals surface area (Å²) in [7, 11) is 0. The van der Waals surface area contributed by atoms with Gasteiger partial charge in [-0.2, -0.15) is 0 Å². The van der Waals surface area contributed by atoms with Crippen LogP contribution in [0.4, 0.5) is 0 Å². The van der Waals surface area contributed by atoms with Crippen molar-refractivity contribution in [3.63, 3.8) is 0 Å². The van der Waals surface area contributed by atoms with Gasteiger partial charge in [-0.3, -0.25) is 0 Å². The molecule has 120 valence electrons. The summed E-state index contributed by atoms with van der Waals surface area (Å²) < 4.78 is 10.8. The number of hydrogen-bond acceptors (Lipinski definition) is 5. The Morgan fingerprint density at radius 1 is 1.20 bits per heavy atom. The van der Waals surface area contributed by atoms with Gasteiger partial charge in [-0.1, -0.05) is 19.8 Å². The van der Waals surface area contributed by atoms with Crippen LogP contribution in [0, 0.1) is 5.92 Å². The van der Waals surface area contributed by atoms with Crippen LogP contribution in [-0.2, 0) is 9.47 Å². The molecule has 0 radical (unpaired) electrons. The first-order chi connectivity index (χ1) is 9.77. The number of rotatable bonds is 12. The monoisotopic (exact) mass is 289 g/mol. The Kier molecular flexibility index (Phi) is 10.2. The minimum Gasteiger partial charge on any atom is -0.396 e. The molecule has 1 rings (SSSR count). The van der Waals surface area contributed by atoms with E-state index in [1.165, 1.54) is 0 Å². The molecule has 0 aromatic heterocycles. The van der Waals surface area contributed by atoms with Gasteiger partial charge in [0, 0.05) is 25.8 Å². The molecule has 5 heteroatoms. The van der Waals surface area contributed by atoms with Gasteiger partial charge < -0.3 is 25.0 Å². The SMILES string of the molecule is CCCCOCCOCC(O)CNC1CCCC1CO. The smallest absolute Gasteiger partial charge is 0.0897 e. The number of unbranched alkanes of at least 4 members (excludes halogenated alkanes) is 1. The quantitative estimate of drug-likeness (QED) is 0.466. The average Bonchev–Trinajstić information content (AvgIpc) is 2.91. The van der Waals surface area contributed by atoms with E-state index < -0.39 is 6.10 Å². The van der Waals surface area contributed by atoms with Crippen molar-refractivity contribution in [2.75, 3.05) is 39.6 Å². The van der Waals surface area contributed by atoms with Crippen LogP contribution in [0.2, 0.25) is 0 Å². The van der Waals surface area contributed by atoms with E-state index in [4.69, 9.17) is 9.47 Å². The minimum atomic E-state index is -0.495. The second-order valence-electron chi connectivity index (χ2n) is 5.58. The second kappa shape index (κ2) is 11.5. The van der Waals surface area contributed by atoms with Crippen LogP contribution in [0.25, 0.3) is 0 Å². The van der Waals surface area contributed by atoms with E-state index in [2.05, 4.69) is 12.2 Å². The molecule has 0 aromatic carbocycles. The first-order valence-corrected chi connectivity index (χ1v) is 7.95. The van der Waals surface area contributed by atoms with Crippen molar-refractivity contribution in [3.8, 4) is 0 Å². The van der Waals surface area contributed by atoms with Gasteiger partial charge in [-0.25, -0.2) is 0 Å². The molecule has 0 aliphatic heterocycles. The van der Waals surface area contributed by atoms with Crippen LogP contribution in [-0.4, -0.2) is 61.9 Å². The molecule has 3 atom stereocenters. The molecule has 3 N–H and O–H groups in total. The maximum Gasteiger partial charge on any atom is 0.0897 e. The predicted octanol–water partition coefficient (Wildman–Crippen LogP) is 0.931. The molecule has 0 heterocycles.